The van der Waals surface area contributed by atoms with Gasteiger partial charge in [-0.2, -0.15) is 0 Å². The predicted octanol–water partition coefficient (Wildman–Crippen LogP) is 2.44. The lowest BCUT2D eigenvalue weighted by Crippen LogP contribution is -2.28. The standard InChI is InChI=1S/C17H23N3O/c1-2-20(14-16-8-5-6-10-19-16)11-12-21-17-9-4-3-7-15(17)13-18/h3-10H,2,11-14,18H2,1H3. The molecule has 112 valence electrons. The molecule has 0 aliphatic heterocycles. The Morgan fingerprint density at radius 2 is 1.95 bits per heavy atom. The van der Waals surface area contributed by atoms with Crippen LogP contribution in [0.5, 0.6) is 5.75 Å². The zero-order chi connectivity index (χ0) is 14.9. The first-order valence-corrected chi connectivity index (χ1v) is 7.36. The summed E-state index contributed by atoms with van der Waals surface area (Å²) in [4.78, 5) is 6.67. The van der Waals surface area contributed by atoms with E-state index in [1.165, 1.54) is 0 Å². The van der Waals surface area contributed by atoms with Crippen molar-refractivity contribution in [1.82, 2.24) is 9.88 Å². The molecule has 1 aromatic heterocycles. The quantitative estimate of drug-likeness (QED) is 0.809. The highest BCUT2D eigenvalue weighted by molar-refractivity contribution is 5.32. The second-order valence-electron chi connectivity index (χ2n) is 4.85. The van der Waals surface area contributed by atoms with Crippen molar-refractivity contribution in [3.63, 3.8) is 0 Å². The van der Waals surface area contributed by atoms with Crippen molar-refractivity contribution in [3.05, 3.63) is 59.9 Å². The first-order valence-electron chi connectivity index (χ1n) is 7.36. The van der Waals surface area contributed by atoms with Crippen LogP contribution in [-0.2, 0) is 13.1 Å². The van der Waals surface area contributed by atoms with E-state index in [0.29, 0.717) is 13.2 Å². The molecule has 1 aromatic carbocycles. The topological polar surface area (TPSA) is 51.4 Å². The fraction of sp³-hybridized carbons (Fsp3) is 0.353. The van der Waals surface area contributed by atoms with Crippen LogP contribution in [0.15, 0.2) is 48.7 Å². The maximum absolute atomic E-state index is 5.86. The SMILES string of the molecule is CCN(CCOc1ccccc1CN)Cc1ccccn1. The number of hydrogen-bond donors (Lipinski definition) is 1. The van der Waals surface area contributed by atoms with E-state index in [2.05, 4.69) is 16.8 Å². The Morgan fingerprint density at radius 1 is 1.14 bits per heavy atom. The summed E-state index contributed by atoms with van der Waals surface area (Å²) in [6, 6.07) is 13.9. The van der Waals surface area contributed by atoms with Crippen molar-refractivity contribution in [2.45, 2.75) is 20.0 Å². The van der Waals surface area contributed by atoms with Gasteiger partial charge in [-0.05, 0) is 24.7 Å². The van der Waals surface area contributed by atoms with E-state index in [1.807, 2.05) is 48.7 Å². The van der Waals surface area contributed by atoms with Crippen LogP contribution in [0.25, 0.3) is 0 Å². The lowest BCUT2D eigenvalue weighted by Gasteiger charge is -2.20. The predicted molar refractivity (Wildman–Crippen MR) is 85.0 cm³/mol. The molecule has 2 N–H and O–H groups in total. The Morgan fingerprint density at radius 3 is 2.67 bits per heavy atom. The number of para-hydroxylation sites is 1. The summed E-state index contributed by atoms with van der Waals surface area (Å²) < 4.78 is 5.86. The number of nitrogens with two attached hydrogens (primary N) is 1. The van der Waals surface area contributed by atoms with Crippen LogP contribution < -0.4 is 10.5 Å². The van der Waals surface area contributed by atoms with E-state index in [-0.39, 0.29) is 0 Å². The van der Waals surface area contributed by atoms with Crippen LogP contribution in [0.2, 0.25) is 0 Å². The van der Waals surface area contributed by atoms with Crippen molar-refractivity contribution in [2.24, 2.45) is 5.73 Å². The van der Waals surface area contributed by atoms with E-state index in [1.54, 1.807) is 0 Å². The van der Waals surface area contributed by atoms with Gasteiger partial charge in [-0.15, -0.1) is 0 Å². The number of ether oxygens (including phenoxy) is 1. The van der Waals surface area contributed by atoms with E-state index >= 15 is 0 Å². The second-order valence-corrected chi connectivity index (χ2v) is 4.85. The third-order valence-electron chi connectivity index (χ3n) is 3.42. The van der Waals surface area contributed by atoms with Gasteiger partial charge in [0.2, 0.25) is 0 Å². The van der Waals surface area contributed by atoms with E-state index in [9.17, 15) is 0 Å². The molecule has 0 unspecified atom stereocenters. The molecule has 4 heteroatoms. The van der Waals surface area contributed by atoms with Gasteiger partial charge >= 0.3 is 0 Å². The van der Waals surface area contributed by atoms with Crippen LogP contribution in [0, 0.1) is 0 Å². The minimum Gasteiger partial charge on any atom is -0.492 e. The number of likely N-dealkylation sites (N-methyl/N-ethyl adjacent to an activating group) is 1. The molecule has 0 saturated carbocycles. The van der Waals surface area contributed by atoms with Gasteiger partial charge in [0.15, 0.2) is 0 Å². The molecule has 0 aliphatic rings. The van der Waals surface area contributed by atoms with Gasteiger partial charge < -0.3 is 10.5 Å². The van der Waals surface area contributed by atoms with Crippen LogP contribution in [-0.4, -0.2) is 29.6 Å². The molecular formula is C17H23N3O. The molecule has 0 spiro atoms. The van der Waals surface area contributed by atoms with Gasteiger partial charge in [0.1, 0.15) is 12.4 Å². The van der Waals surface area contributed by atoms with Crippen molar-refractivity contribution < 1.29 is 4.74 Å². The first kappa shape index (κ1) is 15.5. The maximum Gasteiger partial charge on any atom is 0.123 e. The molecule has 2 rings (SSSR count). The number of nitrogens with zero attached hydrogens (tertiary/aromatic N) is 2. The van der Waals surface area contributed by atoms with E-state index in [0.717, 1.165) is 36.6 Å². The normalized spacial score (nSPS) is 10.8. The zero-order valence-corrected chi connectivity index (χ0v) is 12.5. The summed E-state index contributed by atoms with van der Waals surface area (Å²) in [6.07, 6.45) is 1.83. The van der Waals surface area contributed by atoms with Crippen molar-refractivity contribution in [1.29, 1.82) is 0 Å². The third-order valence-corrected chi connectivity index (χ3v) is 3.42. The van der Waals surface area contributed by atoms with Crippen molar-refractivity contribution >= 4 is 0 Å². The zero-order valence-electron chi connectivity index (χ0n) is 12.5. The van der Waals surface area contributed by atoms with Crippen LogP contribution in [0.3, 0.4) is 0 Å². The van der Waals surface area contributed by atoms with Crippen LogP contribution in [0.1, 0.15) is 18.2 Å². The van der Waals surface area contributed by atoms with Gasteiger partial charge in [0, 0.05) is 31.4 Å². The lowest BCUT2D eigenvalue weighted by atomic mass is 10.2. The highest BCUT2D eigenvalue weighted by Gasteiger charge is 2.06. The number of hydrogen-bond acceptors (Lipinski definition) is 4. The molecule has 21 heavy (non-hydrogen) atoms. The highest BCUT2D eigenvalue weighted by atomic mass is 16.5. The van der Waals surface area contributed by atoms with Gasteiger partial charge in [-0.25, -0.2) is 0 Å². The maximum atomic E-state index is 5.86. The van der Waals surface area contributed by atoms with Gasteiger partial charge in [0.05, 0.1) is 5.69 Å². The molecule has 0 radical (unpaired) electrons. The lowest BCUT2D eigenvalue weighted by molar-refractivity contribution is 0.207. The third kappa shape index (κ3) is 4.85. The summed E-state index contributed by atoms with van der Waals surface area (Å²) in [7, 11) is 0. The highest BCUT2D eigenvalue weighted by Crippen LogP contribution is 2.16. The molecule has 0 aliphatic carbocycles. The Hall–Kier alpha value is -1.91. The molecule has 2 aromatic rings. The van der Waals surface area contributed by atoms with Gasteiger partial charge in [-0.1, -0.05) is 31.2 Å². The van der Waals surface area contributed by atoms with E-state index in [4.69, 9.17) is 10.5 Å². The molecule has 0 amide bonds. The minimum absolute atomic E-state index is 0.502. The van der Waals surface area contributed by atoms with Crippen LogP contribution in [0.4, 0.5) is 0 Å². The number of pyridine rings is 1. The molecular weight excluding hydrogens is 262 g/mol. The Balaban J connectivity index is 1.83. The molecule has 1 heterocycles. The molecule has 0 fully saturated rings. The number of benzene rings is 1. The van der Waals surface area contributed by atoms with Gasteiger partial charge in [0.25, 0.3) is 0 Å². The number of aromatic nitrogens is 1. The summed E-state index contributed by atoms with van der Waals surface area (Å²) in [5.74, 6) is 0.883. The van der Waals surface area contributed by atoms with Crippen molar-refractivity contribution in [2.75, 3.05) is 19.7 Å². The Kier molecular flexibility index (Phi) is 6.19. The summed E-state index contributed by atoms with van der Waals surface area (Å²) in [5, 5.41) is 0. The molecule has 4 nitrogen and oxygen atoms in total. The average molecular weight is 285 g/mol. The second kappa shape index (κ2) is 8.39. The fourth-order valence-electron chi connectivity index (χ4n) is 2.17. The minimum atomic E-state index is 0.502. The summed E-state index contributed by atoms with van der Waals surface area (Å²) >= 11 is 0. The monoisotopic (exact) mass is 285 g/mol. The number of rotatable bonds is 8. The van der Waals surface area contributed by atoms with E-state index < -0.39 is 0 Å². The van der Waals surface area contributed by atoms with Crippen molar-refractivity contribution in [3.8, 4) is 5.75 Å². The molecule has 0 atom stereocenters. The smallest absolute Gasteiger partial charge is 0.123 e. The first-order chi connectivity index (χ1) is 10.3. The fourth-order valence-corrected chi connectivity index (χ4v) is 2.17. The Labute approximate surface area is 126 Å². The van der Waals surface area contributed by atoms with Crippen LogP contribution >= 0.6 is 0 Å². The molecule has 0 bridgehead atoms. The average Bonchev–Trinajstić information content (AvgIpc) is 2.55. The Bertz CT molecular complexity index is 531. The van der Waals surface area contributed by atoms with Gasteiger partial charge in [-0.3, -0.25) is 9.88 Å². The summed E-state index contributed by atoms with van der Waals surface area (Å²) in [5.41, 5.74) is 7.84. The summed E-state index contributed by atoms with van der Waals surface area (Å²) in [6.45, 7) is 5.99. The largest absolute Gasteiger partial charge is 0.492 e. The molecule has 0 saturated heterocycles.